The number of nitrogens with one attached hydrogen (secondary N) is 1. The highest BCUT2D eigenvalue weighted by atomic mass is 35.5. The van der Waals surface area contributed by atoms with E-state index < -0.39 is 17.6 Å². The van der Waals surface area contributed by atoms with Crippen molar-refractivity contribution < 1.29 is 22.7 Å². The third-order valence-electron chi connectivity index (χ3n) is 4.02. The Balaban J connectivity index is 1.68. The summed E-state index contributed by atoms with van der Waals surface area (Å²) in [6.07, 6.45) is -4.52. The molecule has 3 rings (SSSR count). The number of amides is 1. The summed E-state index contributed by atoms with van der Waals surface area (Å²) >= 11 is 7.10. The van der Waals surface area contributed by atoms with E-state index in [9.17, 15) is 18.0 Å². The van der Waals surface area contributed by atoms with Gasteiger partial charge in [0, 0.05) is 5.56 Å². The van der Waals surface area contributed by atoms with E-state index in [1.807, 2.05) is 32.0 Å². The molecule has 0 bridgehead atoms. The molecule has 0 saturated heterocycles. The number of hydrogen-bond donors (Lipinski definition) is 1. The van der Waals surface area contributed by atoms with Gasteiger partial charge < -0.3 is 10.1 Å². The van der Waals surface area contributed by atoms with Gasteiger partial charge in [-0.15, -0.1) is 11.3 Å². The quantitative estimate of drug-likeness (QED) is 0.471. The van der Waals surface area contributed by atoms with E-state index in [4.69, 9.17) is 16.3 Å². The van der Waals surface area contributed by atoms with Gasteiger partial charge in [-0.25, -0.2) is 0 Å². The second-order valence-corrected chi connectivity index (χ2v) is 7.90. The van der Waals surface area contributed by atoms with Crippen LogP contribution in [-0.4, -0.2) is 5.91 Å². The Labute approximate surface area is 175 Å². The minimum atomic E-state index is -4.52. The summed E-state index contributed by atoms with van der Waals surface area (Å²) in [7, 11) is 0. The highest BCUT2D eigenvalue weighted by molar-refractivity contribution is 7.12. The average Bonchev–Trinajstić information content (AvgIpc) is 3.09. The molecular weight excluding hydrogens is 423 g/mol. The molecule has 0 aliphatic carbocycles. The van der Waals surface area contributed by atoms with Crippen LogP contribution in [0.5, 0.6) is 5.75 Å². The number of aryl methyl sites for hydroxylation is 2. The van der Waals surface area contributed by atoms with Gasteiger partial charge >= 0.3 is 6.18 Å². The summed E-state index contributed by atoms with van der Waals surface area (Å²) in [6, 6.07) is 10.3. The molecule has 0 unspecified atom stereocenters. The van der Waals surface area contributed by atoms with Crippen LogP contribution in [-0.2, 0) is 12.8 Å². The first kappa shape index (κ1) is 21.2. The summed E-state index contributed by atoms with van der Waals surface area (Å²) in [5, 5.41) is 4.24. The first-order valence-electron chi connectivity index (χ1n) is 8.58. The Kier molecular flexibility index (Phi) is 6.19. The summed E-state index contributed by atoms with van der Waals surface area (Å²) in [5.41, 5.74) is 1.99. The maximum atomic E-state index is 12.9. The Morgan fingerprint density at radius 3 is 2.45 bits per heavy atom. The number of thiophene rings is 1. The minimum absolute atomic E-state index is 0.0290. The number of rotatable bonds is 5. The Bertz CT molecular complexity index is 1030. The molecule has 3 nitrogen and oxygen atoms in total. The van der Waals surface area contributed by atoms with E-state index in [0.717, 1.165) is 40.6 Å². The SMILES string of the molecule is Cc1cc(C)cc(OCc2csc(C(=O)Nc3cc(C(F)(F)F)ccc3Cl)c2)c1. The van der Waals surface area contributed by atoms with Crippen LogP contribution < -0.4 is 10.1 Å². The van der Waals surface area contributed by atoms with Crippen LogP contribution in [0.2, 0.25) is 5.02 Å². The number of carbonyl (C=O) groups excluding carboxylic acids is 1. The molecule has 29 heavy (non-hydrogen) atoms. The zero-order valence-electron chi connectivity index (χ0n) is 15.6. The zero-order chi connectivity index (χ0) is 21.2. The highest BCUT2D eigenvalue weighted by Crippen LogP contribution is 2.34. The standard InChI is InChI=1S/C21H17ClF3NO2S/c1-12-5-13(2)7-16(6-12)28-10-14-8-19(29-11-14)20(27)26-18-9-15(21(23,24)25)3-4-17(18)22/h3-9,11H,10H2,1-2H3,(H,26,27). The number of benzene rings is 2. The van der Waals surface area contributed by atoms with Gasteiger partial charge in [-0.2, -0.15) is 13.2 Å². The van der Waals surface area contributed by atoms with Gasteiger partial charge in [0.25, 0.3) is 5.91 Å². The predicted octanol–water partition coefficient (Wildman–Crippen LogP) is 6.87. The smallest absolute Gasteiger partial charge is 0.416 e. The topological polar surface area (TPSA) is 38.3 Å². The molecule has 1 amide bonds. The third-order valence-corrected chi connectivity index (χ3v) is 5.33. The van der Waals surface area contributed by atoms with Crippen LogP contribution in [0, 0.1) is 13.8 Å². The summed E-state index contributed by atoms with van der Waals surface area (Å²) in [4.78, 5) is 12.8. The molecule has 3 aromatic rings. The molecule has 1 N–H and O–H groups in total. The van der Waals surface area contributed by atoms with Crippen LogP contribution in [0.15, 0.2) is 47.8 Å². The molecule has 0 fully saturated rings. The molecule has 0 saturated carbocycles. The van der Waals surface area contributed by atoms with Gasteiger partial charge in [0.2, 0.25) is 0 Å². The summed E-state index contributed by atoms with van der Waals surface area (Å²) < 4.78 is 44.4. The molecule has 0 aliphatic heterocycles. The second kappa shape index (κ2) is 8.47. The molecule has 2 aromatic carbocycles. The van der Waals surface area contributed by atoms with E-state index in [1.54, 1.807) is 11.4 Å². The van der Waals surface area contributed by atoms with E-state index in [2.05, 4.69) is 5.32 Å². The number of anilines is 1. The molecule has 0 radical (unpaired) electrons. The van der Waals surface area contributed by atoms with Crippen molar-refractivity contribution in [3.8, 4) is 5.75 Å². The molecule has 0 atom stereocenters. The maximum absolute atomic E-state index is 12.9. The average molecular weight is 440 g/mol. The van der Waals surface area contributed by atoms with E-state index >= 15 is 0 Å². The third kappa shape index (κ3) is 5.52. The lowest BCUT2D eigenvalue weighted by Gasteiger charge is -2.11. The first-order chi connectivity index (χ1) is 13.6. The van der Waals surface area contributed by atoms with Crippen molar-refractivity contribution in [1.82, 2.24) is 0 Å². The van der Waals surface area contributed by atoms with E-state index in [-0.39, 0.29) is 17.3 Å². The number of carbonyl (C=O) groups is 1. The molecule has 8 heteroatoms. The van der Waals surface area contributed by atoms with Crippen LogP contribution in [0.3, 0.4) is 0 Å². The van der Waals surface area contributed by atoms with Crippen molar-refractivity contribution in [1.29, 1.82) is 0 Å². The monoisotopic (exact) mass is 439 g/mol. The fourth-order valence-corrected chi connectivity index (χ4v) is 3.69. The van der Waals surface area contributed by atoms with Crippen LogP contribution in [0.1, 0.15) is 31.9 Å². The summed E-state index contributed by atoms with van der Waals surface area (Å²) in [5.74, 6) is 0.198. The van der Waals surface area contributed by atoms with Crippen molar-refractivity contribution >= 4 is 34.5 Å². The number of alkyl halides is 3. The highest BCUT2D eigenvalue weighted by Gasteiger charge is 2.31. The largest absolute Gasteiger partial charge is 0.489 e. The molecular formula is C21H17ClF3NO2S. The van der Waals surface area contributed by atoms with Crippen molar-refractivity contribution in [2.75, 3.05) is 5.32 Å². The van der Waals surface area contributed by atoms with E-state index in [0.29, 0.717) is 4.88 Å². The number of hydrogen-bond acceptors (Lipinski definition) is 3. The Morgan fingerprint density at radius 2 is 1.79 bits per heavy atom. The van der Waals surface area contributed by atoms with Crippen molar-refractivity contribution in [3.63, 3.8) is 0 Å². The zero-order valence-corrected chi connectivity index (χ0v) is 17.1. The number of ether oxygens (including phenoxy) is 1. The normalized spacial score (nSPS) is 11.4. The van der Waals surface area contributed by atoms with Gasteiger partial charge in [-0.1, -0.05) is 17.7 Å². The minimum Gasteiger partial charge on any atom is -0.489 e. The summed E-state index contributed by atoms with van der Waals surface area (Å²) in [6.45, 7) is 4.23. The molecule has 152 valence electrons. The molecule has 1 aromatic heterocycles. The maximum Gasteiger partial charge on any atom is 0.416 e. The van der Waals surface area contributed by atoms with Gasteiger partial charge in [0.05, 0.1) is 21.2 Å². The van der Waals surface area contributed by atoms with Crippen LogP contribution in [0.4, 0.5) is 18.9 Å². The Morgan fingerprint density at radius 1 is 1.10 bits per heavy atom. The molecule has 1 heterocycles. The Hall–Kier alpha value is -2.51. The second-order valence-electron chi connectivity index (χ2n) is 6.58. The predicted molar refractivity (Wildman–Crippen MR) is 109 cm³/mol. The van der Waals surface area contributed by atoms with Crippen molar-refractivity contribution in [3.05, 3.63) is 80.0 Å². The fourth-order valence-electron chi connectivity index (χ4n) is 2.73. The number of halogens is 4. The fraction of sp³-hybridized carbons (Fsp3) is 0.190. The van der Waals surface area contributed by atoms with E-state index in [1.165, 1.54) is 11.3 Å². The van der Waals surface area contributed by atoms with Crippen LogP contribution in [0.25, 0.3) is 0 Å². The van der Waals surface area contributed by atoms with Crippen molar-refractivity contribution in [2.45, 2.75) is 26.6 Å². The molecule has 0 aliphatic rings. The lowest BCUT2D eigenvalue weighted by atomic mass is 10.1. The van der Waals surface area contributed by atoms with Gasteiger partial charge in [-0.3, -0.25) is 4.79 Å². The van der Waals surface area contributed by atoms with Gasteiger partial charge in [-0.05, 0) is 66.8 Å². The van der Waals surface area contributed by atoms with Crippen LogP contribution >= 0.6 is 22.9 Å². The lowest BCUT2D eigenvalue weighted by molar-refractivity contribution is -0.137. The van der Waals surface area contributed by atoms with Gasteiger partial charge in [0.15, 0.2) is 0 Å². The molecule has 0 spiro atoms. The van der Waals surface area contributed by atoms with Crippen molar-refractivity contribution in [2.24, 2.45) is 0 Å². The lowest BCUT2D eigenvalue weighted by Crippen LogP contribution is -2.12. The van der Waals surface area contributed by atoms with Gasteiger partial charge in [0.1, 0.15) is 12.4 Å². The first-order valence-corrected chi connectivity index (χ1v) is 9.84.